The molecule has 6 heteroatoms. The molecule has 0 saturated carbocycles. The number of anilines is 1. The first-order chi connectivity index (χ1) is 19.9. The maximum absolute atomic E-state index is 6.17. The summed E-state index contributed by atoms with van der Waals surface area (Å²) in [5.74, 6) is 1.06. The highest BCUT2D eigenvalue weighted by Gasteiger charge is 2.22. The molecule has 0 spiro atoms. The van der Waals surface area contributed by atoms with Gasteiger partial charge in [0, 0.05) is 48.7 Å². The molecule has 0 N–H and O–H groups in total. The molecule has 41 heavy (non-hydrogen) atoms. The maximum atomic E-state index is 6.17. The summed E-state index contributed by atoms with van der Waals surface area (Å²) < 4.78 is 0. The zero-order valence-electron chi connectivity index (χ0n) is 24.0. The Hall–Kier alpha value is -3.96. The number of halogens is 1. The van der Waals surface area contributed by atoms with E-state index in [0.717, 1.165) is 103 Å². The average Bonchev–Trinajstić information content (AvgIpc) is 2.99. The lowest BCUT2D eigenvalue weighted by molar-refractivity contribution is 0.366. The number of aryl methyl sites for hydroxylation is 1. The fourth-order valence-electron chi connectivity index (χ4n) is 5.40. The van der Waals surface area contributed by atoms with Gasteiger partial charge in [-0.1, -0.05) is 54.1 Å². The predicted molar refractivity (Wildman–Crippen MR) is 173 cm³/mol. The highest BCUT2D eigenvalue weighted by atomic mass is 35.5. The number of nitrogens with zero attached hydrogens (tertiary/aromatic N) is 5. The minimum Gasteiger partial charge on any atom is -0.368 e. The quantitative estimate of drug-likeness (QED) is 0.136. The lowest BCUT2D eigenvalue weighted by Gasteiger charge is -2.38. The highest BCUT2D eigenvalue weighted by molar-refractivity contribution is 6.30. The molecule has 0 bridgehead atoms. The van der Waals surface area contributed by atoms with Gasteiger partial charge in [0.1, 0.15) is 5.82 Å². The molecule has 1 saturated heterocycles. The second-order valence-electron chi connectivity index (χ2n) is 10.8. The van der Waals surface area contributed by atoms with Gasteiger partial charge in [-0.25, -0.2) is 15.0 Å². The van der Waals surface area contributed by atoms with Crippen LogP contribution in [-0.4, -0.2) is 46.0 Å². The van der Waals surface area contributed by atoms with Crippen molar-refractivity contribution in [2.45, 2.75) is 39.0 Å². The molecular weight excluding hydrogens is 526 g/mol. The van der Waals surface area contributed by atoms with Crippen molar-refractivity contribution in [1.29, 1.82) is 0 Å². The maximum Gasteiger partial charge on any atom is 0.132 e. The Morgan fingerprint density at radius 2 is 1.73 bits per heavy atom. The molecule has 0 amide bonds. The van der Waals surface area contributed by atoms with Gasteiger partial charge in [-0.2, -0.15) is 0 Å². The van der Waals surface area contributed by atoms with Crippen LogP contribution in [0.1, 0.15) is 43.0 Å². The molecule has 1 aliphatic heterocycles. The molecule has 2 aromatic carbocycles. The number of hydrogen-bond acceptors (Lipinski definition) is 5. The number of benzene rings is 2. The van der Waals surface area contributed by atoms with Crippen molar-refractivity contribution in [3.8, 4) is 11.3 Å². The van der Waals surface area contributed by atoms with E-state index in [-0.39, 0.29) is 0 Å². The summed E-state index contributed by atoms with van der Waals surface area (Å²) in [6, 6.07) is 18.3. The summed E-state index contributed by atoms with van der Waals surface area (Å²) in [4.78, 5) is 19.6. The first-order valence-electron chi connectivity index (χ1n) is 14.4. The molecule has 210 valence electrons. The van der Waals surface area contributed by atoms with E-state index in [9.17, 15) is 0 Å². The molecule has 0 atom stereocenters. The molecule has 4 aromatic rings. The Balaban J connectivity index is 1.36. The molecule has 1 aliphatic rings. The molecule has 3 heterocycles. The number of piperazine rings is 1. The van der Waals surface area contributed by atoms with Crippen molar-refractivity contribution >= 4 is 34.1 Å². The summed E-state index contributed by atoms with van der Waals surface area (Å²) in [7, 11) is 0. The van der Waals surface area contributed by atoms with Gasteiger partial charge in [0.25, 0.3) is 0 Å². The number of unbranched alkanes of at least 4 members (excludes halogenated alkanes) is 1. The molecular formula is C35H38ClN5. The third kappa shape index (κ3) is 6.86. The van der Waals surface area contributed by atoms with Crippen molar-refractivity contribution in [3.63, 3.8) is 0 Å². The molecule has 0 radical (unpaired) electrons. The number of rotatable bonds is 11. The third-order valence-corrected chi connectivity index (χ3v) is 7.90. The highest BCUT2D eigenvalue weighted by Crippen LogP contribution is 2.29. The lowest BCUT2D eigenvalue weighted by atomic mass is 10.0. The summed E-state index contributed by atoms with van der Waals surface area (Å²) in [5.41, 5.74) is 9.30. The van der Waals surface area contributed by atoms with Crippen LogP contribution in [0.3, 0.4) is 0 Å². The van der Waals surface area contributed by atoms with Crippen LogP contribution in [0.5, 0.6) is 0 Å². The minimum atomic E-state index is 0.715. The fraction of sp³-hybridized carbons (Fsp3) is 0.286. The Bertz CT molecular complexity index is 1550. The van der Waals surface area contributed by atoms with Crippen molar-refractivity contribution < 1.29 is 0 Å². The van der Waals surface area contributed by atoms with Gasteiger partial charge in [0.05, 0.1) is 22.4 Å². The van der Waals surface area contributed by atoms with Gasteiger partial charge < -0.3 is 9.80 Å². The zero-order valence-corrected chi connectivity index (χ0v) is 24.7. The summed E-state index contributed by atoms with van der Waals surface area (Å²) in [6.07, 6.45) is 8.65. The second kappa shape index (κ2) is 13.1. The number of hydrogen-bond donors (Lipinski definition) is 0. The Morgan fingerprint density at radius 3 is 2.46 bits per heavy atom. The van der Waals surface area contributed by atoms with Crippen molar-refractivity contribution in [2.24, 2.45) is 0 Å². The van der Waals surface area contributed by atoms with E-state index in [2.05, 4.69) is 65.7 Å². The number of fused-ring (bicyclic) bond motifs is 1. The van der Waals surface area contributed by atoms with Gasteiger partial charge >= 0.3 is 0 Å². The van der Waals surface area contributed by atoms with Crippen molar-refractivity contribution in [3.05, 3.63) is 114 Å². The molecule has 5 rings (SSSR count). The number of aromatic nitrogens is 3. The summed E-state index contributed by atoms with van der Waals surface area (Å²) in [5, 5.41) is 0.715. The van der Waals surface area contributed by atoms with Gasteiger partial charge in [-0.3, -0.25) is 0 Å². The largest absolute Gasteiger partial charge is 0.368 e. The van der Waals surface area contributed by atoms with Gasteiger partial charge in [-0.15, -0.1) is 13.2 Å². The van der Waals surface area contributed by atoms with Crippen LogP contribution in [0, 0.1) is 0 Å². The Labute approximate surface area is 248 Å². The lowest BCUT2D eigenvalue weighted by Crippen LogP contribution is -2.46. The van der Waals surface area contributed by atoms with Crippen LogP contribution in [0.2, 0.25) is 5.02 Å². The molecule has 5 nitrogen and oxygen atoms in total. The van der Waals surface area contributed by atoms with E-state index in [1.54, 1.807) is 0 Å². The molecule has 1 fully saturated rings. The zero-order chi connectivity index (χ0) is 28.8. The second-order valence-corrected chi connectivity index (χ2v) is 11.2. The van der Waals surface area contributed by atoms with E-state index in [1.165, 1.54) is 11.1 Å². The number of pyridine rings is 1. The summed E-state index contributed by atoms with van der Waals surface area (Å²) >= 11 is 6.17. The van der Waals surface area contributed by atoms with Gasteiger partial charge in [-0.05, 0) is 80.5 Å². The number of allylic oxidation sites excluding steroid dienone is 2. The van der Waals surface area contributed by atoms with E-state index in [4.69, 9.17) is 21.6 Å². The van der Waals surface area contributed by atoms with Crippen LogP contribution in [0.25, 0.3) is 28.0 Å². The molecule has 0 aliphatic carbocycles. The average molecular weight is 564 g/mol. The first kappa shape index (κ1) is 28.6. The van der Waals surface area contributed by atoms with E-state index >= 15 is 0 Å². The third-order valence-electron chi connectivity index (χ3n) is 7.65. The normalized spacial score (nSPS) is 13.4. The van der Waals surface area contributed by atoms with Gasteiger partial charge in [0.2, 0.25) is 0 Å². The Morgan fingerprint density at radius 1 is 0.951 bits per heavy atom. The van der Waals surface area contributed by atoms with Crippen LogP contribution in [0.4, 0.5) is 5.82 Å². The van der Waals surface area contributed by atoms with E-state index in [1.807, 2.05) is 42.6 Å². The van der Waals surface area contributed by atoms with Gasteiger partial charge in [0.15, 0.2) is 0 Å². The van der Waals surface area contributed by atoms with Crippen LogP contribution < -0.4 is 4.90 Å². The predicted octanol–water partition coefficient (Wildman–Crippen LogP) is 8.16. The molecule has 0 unspecified atom stereocenters. The standard InChI is InChI=1S/C35H38ClN5/c1-5-9-28-11-8-19-37-35(28)41-22-20-40(21-23-41)26(4)29-15-18-31-33(24-29)38-32(12-7-6-10-25(2)3)34(39-31)27-13-16-30(36)17-14-27/h5,8,11,13-19,24H,1-2,4,6-7,9-10,12,20-23H2,3H3. The molecule has 2 aromatic heterocycles. The van der Waals surface area contributed by atoms with Crippen molar-refractivity contribution in [1.82, 2.24) is 19.9 Å². The summed E-state index contributed by atoms with van der Waals surface area (Å²) in [6.45, 7) is 18.1. The monoisotopic (exact) mass is 563 g/mol. The SMILES string of the molecule is C=CCc1cccnc1N1CCN(C(=C)c2ccc3nc(-c4ccc(Cl)cc4)c(CCCCC(=C)C)nc3c2)CC1. The van der Waals surface area contributed by atoms with E-state index < -0.39 is 0 Å². The van der Waals surface area contributed by atoms with Crippen LogP contribution >= 0.6 is 11.6 Å². The van der Waals surface area contributed by atoms with E-state index in [0.29, 0.717) is 5.02 Å². The topological polar surface area (TPSA) is 45.2 Å². The first-order valence-corrected chi connectivity index (χ1v) is 14.8. The van der Waals surface area contributed by atoms with Crippen molar-refractivity contribution in [2.75, 3.05) is 31.1 Å². The Kier molecular flexibility index (Phi) is 9.15. The minimum absolute atomic E-state index is 0.715. The van der Waals surface area contributed by atoms with Crippen LogP contribution in [-0.2, 0) is 12.8 Å². The fourth-order valence-corrected chi connectivity index (χ4v) is 5.53. The van der Waals surface area contributed by atoms with Crippen LogP contribution in [0.15, 0.2) is 92.2 Å². The smallest absolute Gasteiger partial charge is 0.132 e.